The van der Waals surface area contributed by atoms with Crippen LogP contribution in [0, 0.1) is 6.92 Å². The third-order valence-electron chi connectivity index (χ3n) is 2.99. The molecule has 1 heterocycles. The van der Waals surface area contributed by atoms with Crippen molar-refractivity contribution in [2.24, 2.45) is 0 Å². The average Bonchev–Trinajstić information content (AvgIpc) is 2.93. The molecule has 1 aromatic carbocycles. The molecule has 0 spiro atoms. The predicted octanol–water partition coefficient (Wildman–Crippen LogP) is 3.05. The average molecular weight is 305 g/mol. The highest BCUT2D eigenvalue weighted by Crippen LogP contribution is 2.23. The number of ether oxygens (including phenoxy) is 1. The van der Waals surface area contributed by atoms with Gasteiger partial charge in [-0.15, -0.1) is 5.10 Å². The largest absolute Gasteiger partial charge is 0.496 e. The van der Waals surface area contributed by atoms with E-state index in [9.17, 15) is 4.79 Å². The van der Waals surface area contributed by atoms with E-state index in [2.05, 4.69) is 22.1 Å². The van der Waals surface area contributed by atoms with E-state index in [1.54, 1.807) is 7.11 Å². The minimum atomic E-state index is 0.0161. The number of rotatable bonds is 7. The zero-order valence-corrected chi connectivity index (χ0v) is 13.3. The minimum Gasteiger partial charge on any atom is -0.496 e. The van der Waals surface area contributed by atoms with Crippen molar-refractivity contribution in [1.82, 2.24) is 15.2 Å². The molecule has 2 rings (SSSR count). The lowest BCUT2D eigenvalue weighted by Gasteiger charge is -2.07. The lowest BCUT2D eigenvalue weighted by atomic mass is 10.1. The van der Waals surface area contributed by atoms with Crippen LogP contribution in [0.2, 0.25) is 0 Å². The molecule has 0 amide bonds. The Kier molecular flexibility index (Phi) is 5.38. The highest BCUT2D eigenvalue weighted by molar-refractivity contribution is 7.99. The Balaban J connectivity index is 2.02. The normalized spacial score (nSPS) is 10.6. The van der Waals surface area contributed by atoms with Gasteiger partial charge in [-0.25, -0.2) is 4.98 Å². The molecule has 1 aromatic heterocycles. The molecule has 0 aliphatic heterocycles. The summed E-state index contributed by atoms with van der Waals surface area (Å²) in [5, 5.41) is 7.60. The maximum absolute atomic E-state index is 12.3. The summed E-state index contributed by atoms with van der Waals surface area (Å²) in [6.07, 6.45) is 1.88. The van der Waals surface area contributed by atoms with Gasteiger partial charge in [-0.1, -0.05) is 30.3 Å². The number of hydrogen-bond acceptors (Lipinski definition) is 5. The number of nitrogens with zero attached hydrogens (tertiary/aromatic N) is 2. The molecule has 0 saturated heterocycles. The predicted molar refractivity (Wildman–Crippen MR) is 83.2 cm³/mol. The third kappa shape index (κ3) is 4.07. The Hall–Kier alpha value is -1.82. The first-order valence-corrected chi connectivity index (χ1v) is 7.84. The van der Waals surface area contributed by atoms with E-state index in [1.165, 1.54) is 11.8 Å². The van der Waals surface area contributed by atoms with Gasteiger partial charge >= 0.3 is 0 Å². The number of nitrogens with one attached hydrogen (secondary N) is 1. The van der Waals surface area contributed by atoms with Crippen molar-refractivity contribution in [2.75, 3.05) is 12.9 Å². The second kappa shape index (κ2) is 7.26. The molecule has 6 heteroatoms. The number of aromatic amines is 1. The van der Waals surface area contributed by atoms with Crippen molar-refractivity contribution in [2.45, 2.75) is 31.8 Å². The van der Waals surface area contributed by atoms with Gasteiger partial charge in [-0.2, -0.15) is 0 Å². The summed E-state index contributed by atoms with van der Waals surface area (Å²) >= 11 is 1.34. The first-order chi connectivity index (χ1) is 10.1. The second-order valence-electron chi connectivity index (χ2n) is 4.73. The van der Waals surface area contributed by atoms with E-state index in [-0.39, 0.29) is 5.78 Å². The van der Waals surface area contributed by atoms with Crippen molar-refractivity contribution in [3.63, 3.8) is 0 Å². The Labute approximate surface area is 128 Å². The molecule has 0 fully saturated rings. The quantitative estimate of drug-likeness (QED) is 0.629. The van der Waals surface area contributed by atoms with E-state index in [1.807, 2.05) is 25.1 Å². The number of methoxy groups -OCH3 is 1. The van der Waals surface area contributed by atoms with Gasteiger partial charge in [0.25, 0.3) is 0 Å². The van der Waals surface area contributed by atoms with E-state index in [0.29, 0.717) is 22.2 Å². The molecular formula is C15H19N3O2S. The van der Waals surface area contributed by atoms with Crippen molar-refractivity contribution in [3.05, 3.63) is 35.2 Å². The molecule has 0 radical (unpaired) electrons. The fourth-order valence-electron chi connectivity index (χ4n) is 1.94. The number of aromatic nitrogens is 3. The van der Waals surface area contributed by atoms with Crippen LogP contribution in [-0.2, 0) is 6.42 Å². The molecule has 0 atom stereocenters. The summed E-state index contributed by atoms with van der Waals surface area (Å²) in [6, 6.07) is 5.59. The maximum Gasteiger partial charge on any atom is 0.208 e. The molecule has 0 aliphatic carbocycles. The fourth-order valence-corrected chi connectivity index (χ4v) is 2.64. The molecular weight excluding hydrogens is 286 g/mol. The highest BCUT2D eigenvalue weighted by atomic mass is 32.2. The second-order valence-corrected chi connectivity index (χ2v) is 5.67. The van der Waals surface area contributed by atoms with E-state index in [4.69, 9.17) is 4.74 Å². The van der Waals surface area contributed by atoms with Crippen molar-refractivity contribution in [1.29, 1.82) is 0 Å². The summed E-state index contributed by atoms with van der Waals surface area (Å²) in [5.41, 5.74) is 1.64. The Bertz CT molecular complexity index is 625. The first kappa shape index (κ1) is 15.6. The van der Waals surface area contributed by atoms with Crippen molar-refractivity contribution >= 4 is 17.5 Å². The fraction of sp³-hybridized carbons (Fsp3) is 0.400. The molecule has 0 unspecified atom stereocenters. The summed E-state index contributed by atoms with van der Waals surface area (Å²) in [7, 11) is 1.57. The van der Waals surface area contributed by atoms with Crippen LogP contribution in [0.15, 0.2) is 23.4 Å². The van der Waals surface area contributed by atoms with Crippen LogP contribution >= 0.6 is 11.8 Å². The van der Waals surface area contributed by atoms with Gasteiger partial charge in [-0.05, 0) is 25.5 Å². The van der Waals surface area contributed by atoms with Crippen LogP contribution in [0.5, 0.6) is 5.75 Å². The number of thioether (sulfide) groups is 1. The third-order valence-corrected chi connectivity index (χ3v) is 3.83. The van der Waals surface area contributed by atoms with Gasteiger partial charge < -0.3 is 4.74 Å². The summed E-state index contributed by atoms with van der Waals surface area (Å²) in [5.74, 6) is 1.78. The Morgan fingerprint density at radius 3 is 2.95 bits per heavy atom. The summed E-state index contributed by atoms with van der Waals surface area (Å²) in [6.45, 7) is 4.04. The van der Waals surface area contributed by atoms with E-state index >= 15 is 0 Å². The van der Waals surface area contributed by atoms with Crippen LogP contribution in [0.3, 0.4) is 0 Å². The monoisotopic (exact) mass is 305 g/mol. The number of carbonyl (C=O) groups is 1. The first-order valence-electron chi connectivity index (χ1n) is 6.86. The zero-order chi connectivity index (χ0) is 15.2. The topological polar surface area (TPSA) is 67.9 Å². The number of Topliss-reactive ketones (excluding diaryl/α,β-unsaturated/α-hetero) is 1. The van der Waals surface area contributed by atoms with Crippen LogP contribution < -0.4 is 4.74 Å². The lowest BCUT2D eigenvalue weighted by molar-refractivity contribution is 0.101. The molecule has 112 valence electrons. The summed E-state index contributed by atoms with van der Waals surface area (Å²) < 4.78 is 5.24. The molecule has 0 aliphatic rings. The van der Waals surface area contributed by atoms with Gasteiger partial charge in [0, 0.05) is 6.42 Å². The number of aryl methyl sites for hydroxylation is 2. The lowest BCUT2D eigenvalue weighted by Crippen LogP contribution is -2.05. The van der Waals surface area contributed by atoms with Crippen LogP contribution in [0.25, 0.3) is 0 Å². The molecule has 0 bridgehead atoms. The number of H-pyrrole nitrogens is 1. The number of hydrogen-bond donors (Lipinski definition) is 1. The molecule has 0 saturated carbocycles. The van der Waals surface area contributed by atoms with E-state index < -0.39 is 0 Å². The molecule has 5 nitrogen and oxygen atoms in total. The Morgan fingerprint density at radius 1 is 1.43 bits per heavy atom. The number of benzene rings is 1. The molecule has 1 N–H and O–H groups in total. The van der Waals surface area contributed by atoms with Gasteiger partial charge in [0.2, 0.25) is 5.16 Å². The number of carbonyl (C=O) groups excluding carboxylic acids is 1. The standard InChI is InChI=1S/C15H19N3O2S/c1-4-5-14-16-15(18-17-14)21-9-12(19)11-8-10(2)6-7-13(11)20-3/h6-8H,4-5,9H2,1-3H3,(H,16,17,18). The molecule has 2 aromatic rings. The van der Waals surface area contributed by atoms with E-state index in [0.717, 1.165) is 24.2 Å². The smallest absolute Gasteiger partial charge is 0.208 e. The Morgan fingerprint density at radius 2 is 2.24 bits per heavy atom. The van der Waals surface area contributed by atoms with Gasteiger partial charge in [0.1, 0.15) is 11.6 Å². The van der Waals surface area contributed by atoms with Gasteiger partial charge in [0.05, 0.1) is 18.4 Å². The maximum atomic E-state index is 12.3. The van der Waals surface area contributed by atoms with Crippen molar-refractivity contribution < 1.29 is 9.53 Å². The van der Waals surface area contributed by atoms with Crippen LogP contribution in [-0.4, -0.2) is 33.8 Å². The van der Waals surface area contributed by atoms with Gasteiger partial charge in [-0.3, -0.25) is 9.89 Å². The number of ketones is 1. The molecule has 21 heavy (non-hydrogen) atoms. The highest BCUT2D eigenvalue weighted by Gasteiger charge is 2.14. The van der Waals surface area contributed by atoms with Crippen LogP contribution in [0.1, 0.15) is 35.1 Å². The SMILES string of the molecule is CCCc1nc(SCC(=O)c2cc(C)ccc2OC)n[nH]1. The summed E-state index contributed by atoms with van der Waals surface area (Å²) in [4.78, 5) is 16.7. The van der Waals surface area contributed by atoms with Gasteiger partial charge in [0.15, 0.2) is 5.78 Å². The van der Waals surface area contributed by atoms with Crippen molar-refractivity contribution in [3.8, 4) is 5.75 Å². The van der Waals surface area contributed by atoms with Crippen LogP contribution in [0.4, 0.5) is 0 Å². The minimum absolute atomic E-state index is 0.0161. The zero-order valence-electron chi connectivity index (χ0n) is 12.5.